The van der Waals surface area contributed by atoms with Gasteiger partial charge >= 0.3 is 0 Å². The van der Waals surface area contributed by atoms with Gasteiger partial charge in [0.15, 0.2) is 5.82 Å². The van der Waals surface area contributed by atoms with Gasteiger partial charge in [0, 0.05) is 12.7 Å². The topological polar surface area (TPSA) is 27.1 Å². The summed E-state index contributed by atoms with van der Waals surface area (Å²) in [6, 6.07) is 2.14. The number of nitrogens with zero attached hydrogens (tertiary/aromatic N) is 2. The number of imidazole rings is 1. The van der Waals surface area contributed by atoms with Crippen LogP contribution in [0.25, 0.3) is 11.0 Å². The maximum Gasteiger partial charge on any atom is 0.153 e. The zero-order valence-corrected chi connectivity index (χ0v) is 12.8. The van der Waals surface area contributed by atoms with Gasteiger partial charge in [0.1, 0.15) is 17.2 Å². The fraction of sp³-hybridized carbons (Fsp3) is 0.533. The van der Waals surface area contributed by atoms with E-state index in [0.29, 0.717) is 24.5 Å². The maximum atomic E-state index is 13.9. The van der Waals surface area contributed by atoms with Crippen LogP contribution in [0.3, 0.4) is 0 Å². The predicted molar refractivity (Wildman–Crippen MR) is 77.5 cm³/mol. The van der Waals surface area contributed by atoms with Crippen LogP contribution in [0.4, 0.5) is 8.78 Å². The van der Waals surface area contributed by atoms with E-state index in [2.05, 4.69) is 4.98 Å². The summed E-state index contributed by atoms with van der Waals surface area (Å²) in [4.78, 5) is 4.26. The zero-order chi connectivity index (χ0) is 15.2. The minimum Gasteiger partial charge on any atom is -0.373 e. The van der Waals surface area contributed by atoms with Crippen molar-refractivity contribution in [3.63, 3.8) is 0 Å². The average Bonchev–Trinajstić information content (AvgIpc) is 2.95. The highest BCUT2D eigenvalue weighted by molar-refractivity contribution is 6.20. The van der Waals surface area contributed by atoms with E-state index in [4.69, 9.17) is 16.3 Å². The second-order valence-electron chi connectivity index (χ2n) is 5.83. The Bertz CT molecular complexity index is 678. The number of hydrogen-bond acceptors (Lipinski definition) is 2. The number of halogens is 3. The molecule has 0 aliphatic carbocycles. The van der Waals surface area contributed by atoms with Crippen molar-refractivity contribution in [3.05, 3.63) is 29.6 Å². The zero-order valence-electron chi connectivity index (χ0n) is 12.0. The van der Waals surface area contributed by atoms with Gasteiger partial charge in [-0.05, 0) is 32.8 Å². The number of hydrogen-bond donors (Lipinski definition) is 0. The fourth-order valence-corrected chi connectivity index (χ4v) is 3.10. The van der Waals surface area contributed by atoms with Crippen molar-refractivity contribution in [2.45, 2.75) is 44.2 Å². The van der Waals surface area contributed by atoms with Crippen LogP contribution in [0, 0.1) is 11.6 Å². The first-order valence-electron chi connectivity index (χ1n) is 7.03. The second-order valence-corrected chi connectivity index (χ2v) is 6.48. The quantitative estimate of drug-likeness (QED) is 0.795. The molecule has 0 bridgehead atoms. The molecule has 2 unspecified atom stereocenters. The fourth-order valence-electron chi connectivity index (χ4n) is 2.93. The Balaban J connectivity index is 2.16. The molecule has 1 aliphatic heterocycles. The number of alkyl halides is 1. The van der Waals surface area contributed by atoms with Crippen molar-refractivity contribution in [2.75, 3.05) is 6.61 Å². The van der Waals surface area contributed by atoms with Gasteiger partial charge in [-0.3, -0.25) is 0 Å². The third-order valence-corrected chi connectivity index (χ3v) is 4.15. The lowest BCUT2D eigenvalue weighted by Gasteiger charge is -2.25. The molecule has 3 rings (SSSR count). The predicted octanol–water partition coefficient (Wildman–Crippen LogP) is 4.18. The third-order valence-electron chi connectivity index (χ3n) is 3.95. The Morgan fingerprint density at radius 2 is 2.24 bits per heavy atom. The van der Waals surface area contributed by atoms with Crippen LogP contribution in [0.2, 0.25) is 0 Å². The Morgan fingerprint density at radius 1 is 1.48 bits per heavy atom. The number of aromatic nitrogens is 2. The van der Waals surface area contributed by atoms with E-state index in [1.807, 2.05) is 6.92 Å². The van der Waals surface area contributed by atoms with Gasteiger partial charge in [-0.25, -0.2) is 13.8 Å². The molecule has 0 radical (unpaired) electrons. The molecular formula is C15H17ClF2N2O. The Morgan fingerprint density at radius 3 is 2.86 bits per heavy atom. The van der Waals surface area contributed by atoms with Gasteiger partial charge in [0.05, 0.1) is 23.0 Å². The van der Waals surface area contributed by atoms with Crippen LogP contribution >= 0.6 is 11.6 Å². The Hall–Kier alpha value is -1.20. The molecule has 0 N–H and O–H groups in total. The summed E-state index contributed by atoms with van der Waals surface area (Å²) in [7, 11) is 0. The standard InChI is InChI=1S/C15H17ClF2N2O/c1-9(16)14-19-13-11(18)6-10(17)7-12(13)20(14)8-15(2)4-3-5-21-15/h6-7,9H,3-5,8H2,1-2H3. The molecule has 114 valence electrons. The van der Waals surface area contributed by atoms with Gasteiger partial charge < -0.3 is 9.30 Å². The largest absolute Gasteiger partial charge is 0.373 e. The highest BCUT2D eigenvalue weighted by Gasteiger charge is 2.32. The highest BCUT2D eigenvalue weighted by atomic mass is 35.5. The first-order chi connectivity index (χ1) is 9.89. The molecule has 2 heterocycles. The Kier molecular flexibility index (Phi) is 3.66. The van der Waals surface area contributed by atoms with E-state index >= 15 is 0 Å². The summed E-state index contributed by atoms with van der Waals surface area (Å²) in [6.07, 6.45) is 1.89. The average molecular weight is 315 g/mol. The van der Waals surface area contributed by atoms with Crippen LogP contribution in [-0.2, 0) is 11.3 Å². The molecule has 2 aromatic rings. The van der Waals surface area contributed by atoms with Gasteiger partial charge in [0.25, 0.3) is 0 Å². The number of benzene rings is 1. The summed E-state index contributed by atoms with van der Waals surface area (Å²) < 4.78 is 35.0. The van der Waals surface area contributed by atoms with E-state index in [9.17, 15) is 8.78 Å². The molecule has 1 aromatic heterocycles. The van der Waals surface area contributed by atoms with Crippen molar-refractivity contribution in [1.82, 2.24) is 9.55 Å². The molecule has 1 fully saturated rings. The van der Waals surface area contributed by atoms with E-state index in [-0.39, 0.29) is 11.1 Å². The second kappa shape index (κ2) is 5.21. The molecular weight excluding hydrogens is 298 g/mol. The number of rotatable bonds is 3. The van der Waals surface area contributed by atoms with Crippen LogP contribution in [0.1, 0.15) is 37.9 Å². The van der Waals surface area contributed by atoms with Gasteiger partial charge in [-0.1, -0.05) is 0 Å². The van der Waals surface area contributed by atoms with E-state index < -0.39 is 17.0 Å². The molecule has 1 saturated heterocycles. The van der Waals surface area contributed by atoms with Crippen LogP contribution in [-0.4, -0.2) is 21.8 Å². The van der Waals surface area contributed by atoms with Crippen molar-refractivity contribution in [2.24, 2.45) is 0 Å². The minimum atomic E-state index is -0.667. The molecule has 6 heteroatoms. The summed E-state index contributed by atoms with van der Waals surface area (Å²) in [5.41, 5.74) is 0.226. The van der Waals surface area contributed by atoms with Crippen molar-refractivity contribution >= 4 is 22.6 Å². The molecule has 3 nitrogen and oxygen atoms in total. The van der Waals surface area contributed by atoms with E-state index in [0.717, 1.165) is 18.9 Å². The smallest absolute Gasteiger partial charge is 0.153 e. The third kappa shape index (κ3) is 2.64. The summed E-state index contributed by atoms with van der Waals surface area (Å²) in [6.45, 7) is 4.96. The van der Waals surface area contributed by atoms with Crippen molar-refractivity contribution in [3.8, 4) is 0 Å². The molecule has 2 atom stereocenters. The first kappa shape index (κ1) is 14.7. The lowest BCUT2D eigenvalue weighted by atomic mass is 10.0. The molecule has 1 aromatic carbocycles. The van der Waals surface area contributed by atoms with Gasteiger partial charge in [0.2, 0.25) is 0 Å². The lowest BCUT2D eigenvalue weighted by molar-refractivity contribution is 0.00648. The highest BCUT2D eigenvalue weighted by Crippen LogP contribution is 2.32. The number of fused-ring (bicyclic) bond motifs is 1. The normalized spacial score (nSPS) is 23.9. The number of ether oxygens (including phenoxy) is 1. The van der Waals surface area contributed by atoms with Gasteiger partial charge in [-0.2, -0.15) is 0 Å². The monoisotopic (exact) mass is 314 g/mol. The summed E-state index contributed by atoms with van der Waals surface area (Å²) in [5.74, 6) is -0.750. The van der Waals surface area contributed by atoms with Crippen LogP contribution in [0.5, 0.6) is 0 Å². The van der Waals surface area contributed by atoms with Crippen LogP contribution < -0.4 is 0 Å². The molecule has 21 heavy (non-hydrogen) atoms. The summed E-state index contributed by atoms with van der Waals surface area (Å²) >= 11 is 6.16. The molecule has 0 amide bonds. The van der Waals surface area contributed by atoms with Crippen molar-refractivity contribution < 1.29 is 13.5 Å². The van der Waals surface area contributed by atoms with Crippen molar-refractivity contribution in [1.29, 1.82) is 0 Å². The first-order valence-corrected chi connectivity index (χ1v) is 7.46. The van der Waals surface area contributed by atoms with E-state index in [1.54, 1.807) is 11.5 Å². The molecule has 1 aliphatic rings. The SMILES string of the molecule is CC(Cl)c1nc2c(F)cc(F)cc2n1CC1(C)CCCO1. The maximum absolute atomic E-state index is 13.9. The molecule has 0 saturated carbocycles. The van der Waals surface area contributed by atoms with Crippen LogP contribution in [0.15, 0.2) is 12.1 Å². The summed E-state index contributed by atoms with van der Waals surface area (Å²) in [5, 5.41) is -0.398. The van der Waals surface area contributed by atoms with Gasteiger partial charge in [-0.15, -0.1) is 11.6 Å². The van der Waals surface area contributed by atoms with E-state index in [1.165, 1.54) is 6.07 Å². The lowest BCUT2D eigenvalue weighted by Crippen LogP contribution is -2.30. The Labute approximate surface area is 126 Å². The molecule has 0 spiro atoms. The minimum absolute atomic E-state index is 0.153.